The summed E-state index contributed by atoms with van der Waals surface area (Å²) in [5.74, 6) is -1.20. The van der Waals surface area contributed by atoms with Crippen LogP contribution in [0, 0.1) is 0 Å². The Morgan fingerprint density at radius 3 is 2.78 bits per heavy atom. The zero-order valence-corrected chi connectivity index (χ0v) is 13.8. The zero-order valence-electron chi connectivity index (χ0n) is 13.0. The number of hydrogen-bond donors (Lipinski definition) is 2. The minimum Gasteiger partial charge on any atom is -0.451 e. The first-order chi connectivity index (χ1) is 11.1. The number of fused-ring (bicyclic) bond motifs is 1. The van der Waals surface area contributed by atoms with Crippen molar-refractivity contribution in [3.63, 3.8) is 0 Å². The molecule has 8 heteroatoms. The largest absolute Gasteiger partial charge is 0.451 e. The molecular weight excluding hydrogens is 320 g/mol. The highest BCUT2D eigenvalue weighted by Crippen LogP contribution is 2.29. The average Bonchev–Trinajstić information content (AvgIpc) is 2.97. The van der Waals surface area contributed by atoms with Crippen molar-refractivity contribution in [2.75, 3.05) is 26.9 Å². The molecular formula is C15H20N2O5S. The van der Waals surface area contributed by atoms with Crippen LogP contribution in [-0.4, -0.2) is 44.8 Å². The summed E-state index contributed by atoms with van der Waals surface area (Å²) in [6.07, 6.45) is 4.26. The number of esters is 1. The summed E-state index contributed by atoms with van der Waals surface area (Å²) in [7, 11) is 1.51. The van der Waals surface area contributed by atoms with E-state index >= 15 is 0 Å². The third kappa shape index (κ3) is 5.33. The minimum absolute atomic E-state index is 0.288. The minimum atomic E-state index is -0.672. The van der Waals surface area contributed by atoms with Crippen LogP contribution in [0.15, 0.2) is 6.07 Å². The predicted molar refractivity (Wildman–Crippen MR) is 84.7 cm³/mol. The highest BCUT2D eigenvalue weighted by atomic mass is 32.1. The van der Waals surface area contributed by atoms with Crippen molar-refractivity contribution in [1.29, 1.82) is 0 Å². The summed E-state index contributed by atoms with van der Waals surface area (Å²) in [6.45, 7) is 0.148. The molecule has 0 bridgehead atoms. The second kappa shape index (κ2) is 8.64. The molecule has 0 saturated heterocycles. The number of aryl methyl sites for hydroxylation is 2. The van der Waals surface area contributed by atoms with Crippen LogP contribution in [0.3, 0.4) is 0 Å². The van der Waals surface area contributed by atoms with E-state index in [4.69, 9.17) is 9.47 Å². The van der Waals surface area contributed by atoms with Crippen molar-refractivity contribution in [3.8, 4) is 0 Å². The molecule has 2 rings (SSSR count). The van der Waals surface area contributed by atoms with E-state index in [2.05, 4.69) is 10.6 Å². The molecule has 0 aromatic carbocycles. The van der Waals surface area contributed by atoms with Gasteiger partial charge in [-0.05, 0) is 37.3 Å². The second-order valence-corrected chi connectivity index (χ2v) is 6.28. The Labute approximate surface area is 138 Å². The topological polar surface area (TPSA) is 93.7 Å². The molecule has 0 unspecified atom stereocenters. The molecule has 1 aliphatic carbocycles. The summed E-state index contributed by atoms with van der Waals surface area (Å²) in [4.78, 5) is 36.6. The van der Waals surface area contributed by atoms with Crippen LogP contribution < -0.4 is 10.6 Å². The fourth-order valence-corrected chi connectivity index (χ4v) is 3.41. The lowest BCUT2D eigenvalue weighted by Gasteiger charge is -2.08. The normalized spacial score (nSPS) is 13.1. The van der Waals surface area contributed by atoms with Crippen LogP contribution in [0.25, 0.3) is 0 Å². The maximum Gasteiger partial charge on any atom is 0.348 e. The lowest BCUT2D eigenvalue weighted by molar-refractivity contribution is -0.123. The van der Waals surface area contributed by atoms with Gasteiger partial charge in [0.2, 0.25) is 0 Å². The van der Waals surface area contributed by atoms with Crippen molar-refractivity contribution >= 4 is 29.2 Å². The van der Waals surface area contributed by atoms with Crippen LogP contribution in [-0.2, 0) is 27.1 Å². The number of thiophene rings is 1. The Morgan fingerprint density at radius 2 is 2.04 bits per heavy atom. The van der Waals surface area contributed by atoms with Crippen LogP contribution in [0.1, 0.15) is 33.0 Å². The van der Waals surface area contributed by atoms with Gasteiger partial charge in [-0.25, -0.2) is 9.59 Å². The van der Waals surface area contributed by atoms with E-state index in [0.717, 1.165) is 25.7 Å². The number of urea groups is 1. The molecule has 7 nitrogen and oxygen atoms in total. The fourth-order valence-electron chi connectivity index (χ4n) is 2.27. The van der Waals surface area contributed by atoms with E-state index in [1.165, 1.54) is 28.9 Å². The van der Waals surface area contributed by atoms with Crippen LogP contribution in [0.5, 0.6) is 0 Å². The summed E-state index contributed by atoms with van der Waals surface area (Å²) in [6, 6.07) is 1.20. The Bertz CT molecular complexity index is 561. The van der Waals surface area contributed by atoms with Gasteiger partial charge in [-0.3, -0.25) is 10.1 Å². The molecule has 0 aliphatic heterocycles. The molecule has 1 aliphatic rings. The standard InChI is InChI=1S/C15H20N2O5S/c1-21-7-6-16-15(20)17-13(18)9-22-14(19)12-8-10-4-2-3-5-11(10)23-12/h8H,2-7,9H2,1H3,(H2,16,17,18,20). The summed E-state index contributed by atoms with van der Waals surface area (Å²) < 4.78 is 9.71. The van der Waals surface area contributed by atoms with Crippen LogP contribution >= 0.6 is 11.3 Å². The lowest BCUT2D eigenvalue weighted by Crippen LogP contribution is -2.42. The first kappa shape index (κ1) is 17.4. The van der Waals surface area contributed by atoms with Gasteiger partial charge in [0.15, 0.2) is 6.61 Å². The van der Waals surface area contributed by atoms with Gasteiger partial charge in [0.1, 0.15) is 4.88 Å². The molecule has 126 valence electrons. The van der Waals surface area contributed by atoms with Gasteiger partial charge in [0.05, 0.1) is 6.61 Å². The highest BCUT2D eigenvalue weighted by molar-refractivity contribution is 7.14. The maximum absolute atomic E-state index is 12.0. The van der Waals surface area contributed by atoms with Gasteiger partial charge in [0.25, 0.3) is 5.91 Å². The van der Waals surface area contributed by atoms with Crippen molar-refractivity contribution in [2.24, 2.45) is 0 Å². The Balaban J connectivity index is 1.74. The molecule has 1 aromatic heterocycles. The van der Waals surface area contributed by atoms with E-state index in [0.29, 0.717) is 11.5 Å². The molecule has 0 atom stereocenters. The van der Waals surface area contributed by atoms with Crippen molar-refractivity contribution in [2.45, 2.75) is 25.7 Å². The fraction of sp³-hybridized carbons (Fsp3) is 0.533. The molecule has 1 heterocycles. The Morgan fingerprint density at radius 1 is 1.26 bits per heavy atom. The van der Waals surface area contributed by atoms with E-state index in [-0.39, 0.29) is 6.54 Å². The zero-order chi connectivity index (χ0) is 16.7. The number of imide groups is 1. The average molecular weight is 340 g/mol. The van der Waals surface area contributed by atoms with Crippen LogP contribution in [0.4, 0.5) is 4.79 Å². The summed E-state index contributed by atoms with van der Waals surface area (Å²) in [5, 5.41) is 4.51. The lowest BCUT2D eigenvalue weighted by atomic mass is 9.99. The van der Waals surface area contributed by atoms with Crippen LogP contribution in [0.2, 0.25) is 0 Å². The second-order valence-electron chi connectivity index (χ2n) is 5.14. The molecule has 0 spiro atoms. The van der Waals surface area contributed by atoms with Gasteiger partial charge < -0.3 is 14.8 Å². The van der Waals surface area contributed by atoms with Gasteiger partial charge in [0, 0.05) is 18.5 Å². The number of carbonyl (C=O) groups excluding carboxylic acids is 3. The van der Waals surface area contributed by atoms with Gasteiger partial charge in [-0.15, -0.1) is 11.3 Å². The molecule has 1 aromatic rings. The number of methoxy groups -OCH3 is 1. The molecule has 0 fully saturated rings. The number of rotatable bonds is 6. The summed E-state index contributed by atoms with van der Waals surface area (Å²) in [5.41, 5.74) is 1.20. The van der Waals surface area contributed by atoms with E-state index in [1.807, 2.05) is 6.07 Å². The predicted octanol–water partition coefficient (Wildman–Crippen LogP) is 1.26. The van der Waals surface area contributed by atoms with Crippen molar-refractivity contribution < 1.29 is 23.9 Å². The van der Waals surface area contributed by atoms with E-state index in [1.54, 1.807) is 0 Å². The molecule has 23 heavy (non-hydrogen) atoms. The summed E-state index contributed by atoms with van der Waals surface area (Å²) >= 11 is 1.42. The number of nitrogens with one attached hydrogen (secondary N) is 2. The number of amides is 3. The van der Waals surface area contributed by atoms with Gasteiger partial charge in [-0.2, -0.15) is 0 Å². The SMILES string of the molecule is COCCNC(=O)NC(=O)COC(=O)c1cc2c(s1)CCCC2. The third-order valence-electron chi connectivity index (χ3n) is 3.38. The highest BCUT2D eigenvalue weighted by Gasteiger charge is 2.19. The molecule has 0 radical (unpaired) electrons. The monoisotopic (exact) mass is 340 g/mol. The third-order valence-corrected chi connectivity index (χ3v) is 4.59. The van der Waals surface area contributed by atoms with E-state index in [9.17, 15) is 14.4 Å². The first-order valence-corrected chi connectivity index (χ1v) is 8.27. The quantitative estimate of drug-likeness (QED) is 0.600. The van der Waals surface area contributed by atoms with Gasteiger partial charge in [-0.1, -0.05) is 0 Å². The smallest absolute Gasteiger partial charge is 0.348 e. The van der Waals surface area contributed by atoms with E-state index < -0.39 is 24.5 Å². The number of carbonyl (C=O) groups is 3. The molecule has 2 N–H and O–H groups in total. The maximum atomic E-state index is 12.0. The number of ether oxygens (including phenoxy) is 2. The molecule has 0 saturated carbocycles. The first-order valence-electron chi connectivity index (χ1n) is 7.45. The van der Waals surface area contributed by atoms with Gasteiger partial charge >= 0.3 is 12.0 Å². The Kier molecular flexibility index (Phi) is 6.54. The van der Waals surface area contributed by atoms with Crippen molar-refractivity contribution in [1.82, 2.24) is 10.6 Å². The Hall–Kier alpha value is -1.93. The van der Waals surface area contributed by atoms with Crippen molar-refractivity contribution in [3.05, 3.63) is 21.4 Å². The molecule has 3 amide bonds. The number of hydrogen-bond acceptors (Lipinski definition) is 6.